The third-order valence-corrected chi connectivity index (χ3v) is 12.5. The van der Waals surface area contributed by atoms with Crippen LogP contribution in [-0.4, -0.2) is 142 Å². The predicted octanol–water partition coefficient (Wildman–Crippen LogP) is 8.05. The number of allylic oxidation sites excluding steroid dienone is 10. The Morgan fingerprint density at radius 3 is 1.37 bits per heavy atom. The van der Waals surface area contributed by atoms with E-state index in [-0.39, 0.29) is 19.4 Å². The van der Waals surface area contributed by atoms with E-state index in [2.05, 4.69) is 74.6 Å². The zero-order chi connectivity index (χ0) is 51.0. The van der Waals surface area contributed by atoms with E-state index in [1.807, 2.05) is 0 Å². The second-order valence-corrected chi connectivity index (χ2v) is 18.7. The van der Waals surface area contributed by atoms with Crippen LogP contribution in [0.3, 0.4) is 0 Å². The molecule has 2 aliphatic heterocycles. The summed E-state index contributed by atoms with van der Waals surface area (Å²) in [4.78, 5) is 25.8. The number of hydrogen-bond donors (Lipinski definition) is 7. The molecule has 0 aromatic carbocycles. The Bertz CT molecular complexity index is 1450. The molecule has 0 spiro atoms. The highest BCUT2D eigenvalue weighted by atomic mass is 16.7. The highest BCUT2D eigenvalue weighted by molar-refractivity contribution is 5.70. The van der Waals surface area contributed by atoms with Crippen molar-refractivity contribution in [1.29, 1.82) is 0 Å². The maximum absolute atomic E-state index is 13.0. The van der Waals surface area contributed by atoms with E-state index >= 15 is 0 Å². The monoisotopic (exact) mass is 995 g/mol. The normalized spacial score (nSPS) is 25.8. The number of aliphatic hydroxyl groups excluding tert-OH is 7. The molecule has 0 aromatic heterocycles. The van der Waals surface area contributed by atoms with Gasteiger partial charge in [0.25, 0.3) is 0 Å². The van der Waals surface area contributed by atoms with E-state index in [0.717, 1.165) is 64.2 Å². The van der Waals surface area contributed by atoms with Gasteiger partial charge >= 0.3 is 11.9 Å². The van der Waals surface area contributed by atoms with Gasteiger partial charge in [0.2, 0.25) is 0 Å². The number of unbranched alkanes of at least 4 members (excludes halogenated alkanes) is 17. The number of hydrogen-bond acceptors (Lipinski definition) is 15. The minimum absolute atomic E-state index is 0.113. The first-order chi connectivity index (χ1) is 34.0. The summed E-state index contributed by atoms with van der Waals surface area (Å²) in [5.74, 6) is -0.976. The van der Waals surface area contributed by atoms with Crippen LogP contribution in [0.1, 0.15) is 181 Å². The van der Waals surface area contributed by atoms with E-state index in [9.17, 15) is 45.3 Å². The number of carbonyl (C=O) groups excluding carboxylic acids is 2. The molecule has 11 atom stereocenters. The average molecular weight is 995 g/mol. The van der Waals surface area contributed by atoms with E-state index in [1.165, 1.54) is 77.0 Å². The molecule has 0 amide bonds. The van der Waals surface area contributed by atoms with Crippen molar-refractivity contribution in [2.45, 2.75) is 248 Å². The fourth-order valence-corrected chi connectivity index (χ4v) is 8.02. The number of aliphatic hydroxyl groups is 7. The second-order valence-electron chi connectivity index (χ2n) is 18.7. The summed E-state index contributed by atoms with van der Waals surface area (Å²) in [5, 5.41) is 72.1. The Morgan fingerprint density at radius 2 is 0.857 bits per heavy atom. The van der Waals surface area contributed by atoms with Crippen molar-refractivity contribution in [3.8, 4) is 0 Å². The lowest BCUT2D eigenvalue weighted by molar-refractivity contribution is -0.332. The van der Waals surface area contributed by atoms with Crippen LogP contribution in [0.2, 0.25) is 0 Å². The molecule has 0 bridgehead atoms. The maximum Gasteiger partial charge on any atom is 0.306 e. The fraction of sp³-hybridized carbons (Fsp3) is 0.782. The Labute approximate surface area is 420 Å². The first kappa shape index (κ1) is 63.3. The van der Waals surface area contributed by atoms with Crippen LogP contribution < -0.4 is 0 Å². The lowest BCUT2D eigenvalue weighted by Gasteiger charge is -2.42. The summed E-state index contributed by atoms with van der Waals surface area (Å²) >= 11 is 0. The van der Waals surface area contributed by atoms with Crippen LogP contribution >= 0.6 is 0 Å². The molecule has 2 aliphatic rings. The van der Waals surface area contributed by atoms with Crippen LogP contribution in [0.4, 0.5) is 0 Å². The molecule has 0 saturated carbocycles. The summed E-state index contributed by atoms with van der Waals surface area (Å²) in [5.41, 5.74) is 0. The van der Waals surface area contributed by atoms with Gasteiger partial charge < -0.3 is 64.2 Å². The van der Waals surface area contributed by atoms with Gasteiger partial charge in [-0.3, -0.25) is 9.59 Å². The zero-order valence-electron chi connectivity index (χ0n) is 42.7. The second kappa shape index (κ2) is 41.6. The van der Waals surface area contributed by atoms with Crippen molar-refractivity contribution in [3.63, 3.8) is 0 Å². The summed E-state index contributed by atoms with van der Waals surface area (Å²) in [6.07, 6.45) is 31.0. The molecule has 0 aliphatic carbocycles. The lowest BCUT2D eigenvalue weighted by Crippen LogP contribution is -2.61. The van der Waals surface area contributed by atoms with Crippen molar-refractivity contribution >= 4 is 11.9 Å². The summed E-state index contributed by atoms with van der Waals surface area (Å²) in [6, 6.07) is 0. The highest BCUT2D eigenvalue weighted by Crippen LogP contribution is 2.26. The summed E-state index contributed by atoms with van der Waals surface area (Å²) in [7, 11) is 0. The maximum atomic E-state index is 13.0. The Hall–Kier alpha value is -2.80. The number of rotatable bonds is 41. The van der Waals surface area contributed by atoms with Gasteiger partial charge in [-0.25, -0.2) is 0 Å². The molecule has 15 heteroatoms. The molecule has 7 N–H and O–H groups in total. The quantitative estimate of drug-likeness (QED) is 0.0175. The van der Waals surface area contributed by atoms with Gasteiger partial charge in [-0.05, 0) is 83.5 Å². The number of carbonyl (C=O) groups is 2. The predicted molar refractivity (Wildman–Crippen MR) is 270 cm³/mol. The van der Waals surface area contributed by atoms with E-state index in [4.69, 9.17) is 28.4 Å². The number of ether oxygens (including phenoxy) is 6. The standard InChI is InChI=1S/C55H94O15/c1-3-5-7-9-11-13-15-17-19-20-21-22-24-25-27-29-31-33-35-37-46(57)65-40-43(68-47(58)38-36-34-32-30-28-26-23-18-16-14-12-10-8-6-4-2)41-66-54-53(64)51(62)49(60)45(70-54)42-67-55-52(63)50(61)48(59)44(39-56)69-55/h11-14,17-19,23,28,30,43-45,48-56,59-64H,3-10,15-16,20-22,24-27,29,31-42H2,1-2H3/b13-11+,14-12+,19-17+,23-18+,30-28+/t43-,44+,45+,48-,49-,50?,51?,52?,53?,54+,55+/m0/s1. The summed E-state index contributed by atoms with van der Waals surface area (Å²) < 4.78 is 33.6. The van der Waals surface area contributed by atoms with Gasteiger partial charge in [-0.15, -0.1) is 0 Å². The topological polar surface area (TPSA) is 231 Å². The fourth-order valence-electron chi connectivity index (χ4n) is 8.02. The Kier molecular flexibility index (Phi) is 37.7. The molecule has 2 rings (SSSR count). The van der Waals surface area contributed by atoms with Crippen LogP contribution in [0.15, 0.2) is 60.8 Å². The van der Waals surface area contributed by atoms with Gasteiger partial charge in [-0.2, -0.15) is 0 Å². The minimum atomic E-state index is -1.77. The molecule has 15 nitrogen and oxygen atoms in total. The van der Waals surface area contributed by atoms with Gasteiger partial charge in [0, 0.05) is 12.8 Å². The van der Waals surface area contributed by atoms with Crippen LogP contribution in [-0.2, 0) is 38.0 Å². The molecule has 2 fully saturated rings. The largest absolute Gasteiger partial charge is 0.462 e. The van der Waals surface area contributed by atoms with Crippen LogP contribution in [0.25, 0.3) is 0 Å². The third kappa shape index (κ3) is 29.0. The first-order valence-corrected chi connectivity index (χ1v) is 26.9. The van der Waals surface area contributed by atoms with Crippen LogP contribution in [0, 0.1) is 0 Å². The van der Waals surface area contributed by atoms with E-state index in [1.54, 1.807) is 0 Å². The molecule has 2 heterocycles. The van der Waals surface area contributed by atoms with Crippen molar-refractivity contribution in [2.75, 3.05) is 26.4 Å². The molecule has 404 valence electrons. The van der Waals surface area contributed by atoms with E-state index in [0.29, 0.717) is 12.8 Å². The Balaban J connectivity index is 1.80. The first-order valence-electron chi connectivity index (χ1n) is 26.9. The molecule has 0 radical (unpaired) electrons. The van der Waals surface area contributed by atoms with Gasteiger partial charge in [0.05, 0.1) is 19.8 Å². The van der Waals surface area contributed by atoms with Gasteiger partial charge in [0.1, 0.15) is 55.4 Å². The van der Waals surface area contributed by atoms with Crippen molar-refractivity contribution in [2.24, 2.45) is 0 Å². The van der Waals surface area contributed by atoms with Crippen molar-refractivity contribution < 1.29 is 73.8 Å². The number of esters is 2. The van der Waals surface area contributed by atoms with Crippen molar-refractivity contribution in [1.82, 2.24) is 0 Å². The molecule has 4 unspecified atom stereocenters. The average Bonchev–Trinajstić information content (AvgIpc) is 3.35. The minimum Gasteiger partial charge on any atom is -0.462 e. The molecular formula is C55H94O15. The van der Waals surface area contributed by atoms with Crippen molar-refractivity contribution in [3.05, 3.63) is 60.8 Å². The van der Waals surface area contributed by atoms with Crippen LogP contribution in [0.5, 0.6) is 0 Å². The van der Waals surface area contributed by atoms with Gasteiger partial charge in [0.15, 0.2) is 18.7 Å². The Morgan fingerprint density at radius 1 is 0.457 bits per heavy atom. The summed E-state index contributed by atoms with van der Waals surface area (Å²) in [6.45, 7) is 2.49. The van der Waals surface area contributed by atoms with Gasteiger partial charge in [-0.1, -0.05) is 145 Å². The molecule has 70 heavy (non-hydrogen) atoms. The molecule has 2 saturated heterocycles. The lowest BCUT2D eigenvalue weighted by atomic mass is 9.98. The molecular weight excluding hydrogens is 901 g/mol. The zero-order valence-corrected chi connectivity index (χ0v) is 42.7. The molecule has 0 aromatic rings. The SMILES string of the molecule is CCCCC/C=C/C/C=C/C/C=C/CCCCC(=O)O[C@@H](COC(=O)CCCCCCCCCCC/C=C/C/C=C/CCCCC)CO[C@@H]1O[C@H](CO[C@@H]2O[C@H](CO)[C@H](O)C(O)C2O)[C@H](O)C(O)C1O. The van der Waals surface area contributed by atoms with E-state index < -0.39 is 99.3 Å². The third-order valence-electron chi connectivity index (χ3n) is 12.5. The highest BCUT2D eigenvalue weighted by Gasteiger charge is 2.47. The smallest absolute Gasteiger partial charge is 0.306 e.